The first-order valence-corrected chi connectivity index (χ1v) is 7.72. The van der Waals surface area contributed by atoms with Crippen molar-refractivity contribution in [2.75, 3.05) is 7.11 Å². The second kappa shape index (κ2) is 7.63. The molecule has 22 heavy (non-hydrogen) atoms. The quantitative estimate of drug-likeness (QED) is 0.855. The van der Waals surface area contributed by atoms with Gasteiger partial charge >= 0.3 is 0 Å². The van der Waals surface area contributed by atoms with Crippen molar-refractivity contribution < 1.29 is 9.84 Å². The summed E-state index contributed by atoms with van der Waals surface area (Å²) >= 11 is 6.19. The Balaban J connectivity index is 2.13. The third-order valence-electron chi connectivity index (χ3n) is 3.98. The fourth-order valence-corrected chi connectivity index (χ4v) is 2.79. The highest BCUT2D eigenvalue weighted by molar-refractivity contribution is 6.31. The largest absolute Gasteiger partial charge is 0.496 e. The van der Waals surface area contributed by atoms with Gasteiger partial charge in [0.2, 0.25) is 0 Å². The Morgan fingerprint density at radius 3 is 2.45 bits per heavy atom. The predicted molar refractivity (Wildman–Crippen MR) is 90.2 cm³/mol. The average molecular weight is 320 g/mol. The Kier molecular flexibility index (Phi) is 5.83. The number of hydrogen-bond acceptors (Lipinski definition) is 3. The normalized spacial score (nSPS) is 15.1. The van der Waals surface area contributed by atoms with Gasteiger partial charge in [0.25, 0.3) is 0 Å². The van der Waals surface area contributed by atoms with E-state index in [1.165, 1.54) is 0 Å². The Bertz CT molecular complexity index is 618. The highest BCUT2D eigenvalue weighted by atomic mass is 35.5. The molecule has 118 valence electrons. The maximum atomic E-state index is 10.6. The minimum absolute atomic E-state index is 0.0693. The van der Waals surface area contributed by atoms with Gasteiger partial charge in [0.1, 0.15) is 5.75 Å². The molecule has 3 nitrogen and oxygen atoms in total. The van der Waals surface area contributed by atoms with Crippen LogP contribution in [0.15, 0.2) is 48.5 Å². The van der Waals surface area contributed by atoms with Crippen molar-refractivity contribution in [3.63, 3.8) is 0 Å². The molecule has 2 aromatic rings. The molecule has 4 heteroatoms. The van der Waals surface area contributed by atoms with Gasteiger partial charge in [0.15, 0.2) is 0 Å². The first kappa shape index (κ1) is 16.8. The Labute approximate surface area is 136 Å². The zero-order chi connectivity index (χ0) is 16.1. The number of ether oxygens (including phenoxy) is 1. The van der Waals surface area contributed by atoms with E-state index in [0.717, 1.165) is 10.6 Å². The molecule has 3 atom stereocenters. The number of aliphatic hydroxyl groups excluding tert-OH is 1. The van der Waals surface area contributed by atoms with Gasteiger partial charge in [-0.05, 0) is 30.0 Å². The average Bonchev–Trinajstić information content (AvgIpc) is 2.55. The zero-order valence-corrected chi connectivity index (χ0v) is 13.6. The Morgan fingerprint density at radius 1 is 1.14 bits per heavy atom. The van der Waals surface area contributed by atoms with E-state index < -0.39 is 12.1 Å². The minimum atomic E-state index is -0.784. The maximum Gasteiger partial charge on any atom is 0.124 e. The lowest BCUT2D eigenvalue weighted by atomic mass is 9.88. The van der Waals surface area contributed by atoms with Crippen molar-refractivity contribution in [2.45, 2.75) is 25.5 Å². The van der Waals surface area contributed by atoms with Gasteiger partial charge in [-0.1, -0.05) is 54.9 Å². The highest BCUT2D eigenvalue weighted by Crippen LogP contribution is 2.30. The molecule has 3 unspecified atom stereocenters. The van der Waals surface area contributed by atoms with E-state index in [1.807, 2.05) is 55.5 Å². The minimum Gasteiger partial charge on any atom is -0.496 e. The molecular formula is C18H22ClNO2. The lowest BCUT2D eigenvalue weighted by Crippen LogP contribution is -2.36. The summed E-state index contributed by atoms with van der Waals surface area (Å²) in [7, 11) is 1.59. The van der Waals surface area contributed by atoms with Crippen LogP contribution >= 0.6 is 11.6 Å². The molecule has 0 aromatic heterocycles. The van der Waals surface area contributed by atoms with E-state index in [1.54, 1.807) is 7.11 Å². The van der Waals surface area contributed by atoms with E-state index in [2.05, 4.69) is 0 Å². The molecule has 0 saturated heterocycles. The summed E-state index contributed by atoms with van der Waals surface area (Å²) in [6, 6.07) is 14.7. The maximum absolute atomic E-state index is 10.6. The van der Waals surface area contributed by atoms with Crippen molar-refractivity contribution in [3.8, 4) is 5.75 Å². The monoisotopic (exact) mass is 319 g/mol. The van der Waals surface area contributed by atoms with Crippen molar-refractivity contribution in [1.82, 2.24) is 0 Å². The van der Waals surface area contributed by atoms with Gasteiger partial charge in [-0.3, -0.25) is 0 Å². The van der Waals surface area contributed by atoms with Crippen LogP contribution in [0.2, 0.25) is 5.02 Å². The molecule has 3 N–H and O–H groups in total. The summed E-state index contributed by atoms with van der Waals surface area (Å²) in [6.07, 6.45) is -0.0683. The summed E-state index contributed by atoms with van der Waals surface area (Å²) in [5.41, 5.74) is 8.02. The van der Waals surface area contributed by atoms with Gasteiger partial charge in [0.05, 0.1) is 13.2 Å². The van der Waals surface area contributed by atoms with Crippen LogP contribution in [0.1, 0.15) is 24.2 Å². The molecule has 0 heterocycles. The van der Waals surface area contributed by atoms with Gasteiger partial charge in [-0.2, -0.15) is 0 Å². The number of nitrogens with two attached hydrogens (primary N) is 1. The molecular weight excluding hydrogens is 298 g/mol. The van der Waals surface area contributed by atoms with Crippen LogP contribution in [0.25, 0.3) is 0 Å². The first-order valence-electron chi connectivity index (χ1n) is 7.34. The van der Waals surface area contributed by atoms with E-state index in [-0.39, 0.29) is 5.92 Å². The van der Waals surface area contributed by atoms with E-state index in [4.69, 9.17) is 22.1 Å². The molecule has 0 bridgehead atoms. The lowest BCUT2D eigenvalue weighted by molar-refractivity contribution is 0.118. The number of benzene rings is 2. The highest BCUT2D eigenvalue weighted by Gasteiger charge is 2.25. The standard InChI is InChI=1S/C18H22ClNO2/c1-12(11-13-7-3-5-9-15(13)19)17(20)18(21)14-8-4-6-10-16(14)22-2/h3-10,12,17-18,21H,11,20H2,1-2H3. The number of halogens is 1. The number of aliphatic hydroxyl groups is 1. The molecule has 0 aliphatic carbocycles. The SMILES string of the molecule is COc1ccccc1C(O)C(N)C(C)Cc1ccccc1Cl. The summed E-state index contributed by atoms with van der Waals surface area (Å²) in [4.78, 5) is 0. The fourth-order valence-electron chi connectivity index (χ4n) is 2.58. The molecule has 0 aliphatic rings. The van der Waals surface area contributed by atoms with Crippen LogP contribution in [-0.4, -0.2) is 18.3 Å². The lowest BCUT2D eigenvalue weighted by Gasteiger charge is -2.26. The van der Waals surface area contributed by atoms with Crippen LogP contribution in [0, 0.1) is 5.92 Å². The third-order valence-corrected chi connectivity index (χ3v) is 4.35. The Hall–Kier alpha value is -1.55. The van der Waals surface area contributed by atoms with Crippen LogP contribution in [-0.2, 0) is 6.42 Å². The number of methoxy groups -OCH3 is 1. The molecule has 0 aliphatic heterocycles. The van der Waals surface area contributed by atoms with Crippen LogP contribution in [0.3, 0.4) is 0 Å². The van der Waals surface area contributed by atoms with Crippen molar-refractivity contribution in [1.29, 1.82) is 0 Å². The number of hydrogen-bond donors (Lipinski definition) is 2. The second-order valence-electron chi connectivity index (χ2n) is 5.54. The first-order chi connectivity index (χ1) is 10.5. The van der Waals surface area contributed by atoms with Gasteiger partial charge in [-0.15, -0.1) is 0 Å². The van der Waals surface area contributed by atoms with E-state index >= 15 is 0 Å². The summed E-state index contributed by atoms with van der Waals surface area (Å²) in [5, 5.41) is 11.3. The molecule has 0 saturated carbocycles. The van der Waals surface area contributed by atoms with Gasteiger partial charge in [-0.25, -0.2) is 0 Å². The molecule has 0 spiro atoms. The number of rotatable bonds is 6. The number of para-hydroxylation sites is 1. The van der Waals surface area contributed by atoms with Crippen LogP contribution in [0.5, 0.6) is 5.75 Å². The third kappa shape index (κ3) is 3.80. The topological polar surface area (TPSA) is 55.5 Å². The summed E-state index contributed by atoms with van der Waals surface area (Å²) < 4.78 is 5.30. The van der Waals surface area contributed by atoms with Crippen LogP contribution in [0.4, 0.5) is 0 Å². The second-order valence-corrected chi connectivity index (χ2v) is 5.94. The molecule has 0 fully saturated rings. The van der Waals surface area contributed by atoms with E-state index in [0.29, 0.717) is 17.7 Å². The van der Waals surface area contributed by atoms with Crippen molar-refractivity contribution >= 4 is 11.6 Å². The predicted octanol–water partition coefficient (Wildman–Crippen LogP) is 3.59. The zero-order valence-electron chi connectivity index (χ0n) is 12.9. The van der Waals surface area contributed by atoms with Crippen molar-refractivity contribution in [2.24, 2.45) is 11.7 Å². The van der Waals surface area contributed by atoms with E-state index in [9.17, 15) is 5.11 Å². The molecule has 0 radical (unpaired) electrons. The fraction of sp³-hybridized carbons (Fsp3) is 0.333. The van der Waals surface area contributed by atoms with Gasteiger partial charge in [0, 0.05) is 16.6 Å². The molecule has 2 rings (SSSR count). The van der Waals surface area contributed by atoms with Crippen molar-refractivity contribution in [3.05, 3.63) is 64.7 Å². The van der Waals surface area contributed by atoms with Crippen LogP contribution < -0.4 is 10.5 Å². The molecule has 2 aromatic carbocycles. The molecule has 0 amide bonds. The Morgan fingerprint density at radius 2 is 1.77 bits per heavy atom. The summed E-state index contributed by atoms with van der Waals surface area (Å²) in [5.74, 6) is 0.718. The van der Waals surface area contributed by atoms with Gasteiger partial charge < -0.3 is 15.6 Å². The smallest absolute Gasteiger partial charge is 0.124 e. The summed E-state index contributed by atoms with van der Waals surface area (Å²) in [6.45, 7) is 2.02.